The largest absolute Gasteiger partial charge is 0.495 e. The molecule has 0 unspecified atom stereocenters. The number of rotatable bonds is 5. The van der Waals surface area contributed by atoms with Crippen molar-refractivity contribution in [1.29, 1.82) is 0 Å². The zero-order valence-corrected chi connectivity index (χ0v) is 19.4. The van der Waals surface area contributed by atoms with Crippen LogP contribution in [-0.4, -0.2) is 52.4 Å². The summed E-state index contributed by atoms with van der Waals surface area (Å²) in [5.41, 5.74) is 2.07. The topological polar surface area (TPSA) is 77.1 Å². The van der Waals surface area contributed by atoms with Gasteiger partial charge in [0.05, 0.1) is 54.4 Å². The molecule has 0 radical (unpaired) electrons. The number of hydrogen-bond donors (Lipinski definition) is 1. The highest BCUT2D eigenvalue weighted by Crippen LogP contribution is 2.37. The van der Waals surface area contributed by atoms with Crippen LogP contribution in [0.4, 0.5) is 11.4 Å². The van der Waals surface area contributed by atoms with Crippen LogP contribution in [0.1, 0.15) is 20.7 Å². The Hall–Kier alpha value is -3.10. The van der Waals surface area contributed by atoms with Gasteiger partial charge in [-0.05, 0) is 51.0 Å². The number of carbonyl (C=O) groups excluding carboxylic acids is 2. The second-order valence-corrected chi connectivity index (χ2v) is 8.06. The van der Waals surface area contributed by atoms with Crippen molar-refractivity contribution in [1.82, 2.24) is 0 Å². The van der Waals surface area contributed by atoms with E-state index in [1.165, 1.54) is 14.2 Å². The molecule has 32 heavy (non-hydrogen) atoms. The van der Waals surface area contributed by atoms with Crippen LogP contribution in [0, 0.1) is 0 Å². The molecule has 1 saturated heterocycles. The minimum absolute atomic E-state index is 0.343. The molecule has 4 rings (SSSR count). The molecule has 0 bridgehead atoms. The molecule has 1 aliphatic rings. The van der Waals surface area contributed by atoms with E-state index in [1.807, 2.05) is 30.3 Å². The van der Waals surface area contributed by atoms with Crippen molar-refractivity contribution < 1.29 is 23.8 Å². The van der Waals surface area contributed by atoms with E-state index in [-0.39, 0.29) is 5.91 Å². The molecule has 7 nitrogen and oxygen atoms in total. The molecular weight excluding hydrogens is 476 g/mol. The Balaban J connectivity index is 1.76. The van der Waals surface area contributed by atoms with Crippen molar-refractivity contribution in [2.75, 3.05) is 50.7 Å². The van der Waals surface area contributed by atoms with Crippen LogP contribution in [0.15, 0.2) is 53.0 Å². The summed E-state index contributed by atoms with van der Waals surface area (Å²) in [7, 11) is 2.86. The molecule has 3 aromatic carbocycles. The van der Waals surface area contributed by atoms with Crippen molar-refractivity contribution in [3.8, 4) is 5.75 Å². The summed E-state index contributed by atoms with van der Waals surface area (Å²) in [4.78, 5) is 27.6. The van der Waals surface area contributed by atoms with Crippen LogP contribution < -0.4 is 15.0 Å². The van der Waals surface area contributed by atoms with Gasteiger partial charge in [-0.1, -0.05) is 24.3 Å². The lowest BCUT2D eigenvalue weighted by atomic mass is 10.0. The van der Waals surface area contributed by atoms with Crippen LogP contribution in [0.25, 0.3) is 10.8 Å². The van der Waals surface area contributed by atoms with Gasteiger partial charge in [-0.2, -0.15) is 0 Å². The van der Waals surface area contributed by atoms with Gasteiger partial charge in [-0.15, -0.1) is 0 Å². The third-order valence-electron chi connectivity index (χ3n) is 5.41. The van der Waals surface area contributed by atoms with E-state index in [2.05, 4.69) is 26.1 Å². The fraction of sp³-hybridized carbons (Fsp3) is 0.250. The van der Waals surface area contributed by atoms with Gasteiger partial charge >= 0.3 is 5.97 Å². The number of nitrogens with one attached hydrogen (secondary N) is 1. The Kier molecular flexibility index (Phi) is 6.62. The van der Waals surface area contributed by atoms with E-state index >= 15 is 0 Å². The summed E-state index contributed by atoms with van der Waals surface area (Å²) < 4.78 is 16.6. The van der Waals surface area contributed by atoms with Gasteiger partial charge in [0.25, 0.3) is 5.91 Å². The number of nitrogens with zero attached hydrogens (tertiary/aromatic N) is 1. The molecule has 1 amide bonds. The van der Waals surface area contributed by atoms with Crippen LogP contribution in [0.3, 0.4) is 0 Å². The molecular formula is C24H23BrN2O5. The third-order valence-corrected chi connectivity index (χ3v) is 6.19. The average Bonchev–Trinajstić information content (AvgIpc) is 2.84. The fourth-order valence-electron chi connectivity index (χ4n) is 3.80. The highest BCUT2D eigenvalue weighted by Gasteiger charge is 2.22. The van der Waals surface area contributed by atoms with Crippen LogP contribution in [-0.2, 0) is 9.47 Å². The number of hydrogen-bond acceptors (Lipinski definition) is 6. The van der Waals surface area contributed by atoms with Gasteiger partial charge in [0.1, 0.15) is 5.75 Å². The first kappa shape index (κ1) is 22.1. The lowest BCUT2D eigenvalue weighted by Gasteiger charge is -2.30. The molecule has 3 aromatic rings. The quantitative estimate of drug-likeness (QED) is 0.522. The fourth-order valence-corrected chi connectivity index (χ4v) is 4.54. The maximum Gasteiger partial charge on any atom is 0.337 e. The van der Waals surface area contributed by atoms with Crippen LogP contribution in [0.5, 0.6) is 5.75 Å². The van der Waals surface area contributed by atoms with Gasteiger partial charge in [0.2, 0.25) is 0 Å². The second-order valence-electron chi connectivity index (χ2n) is 7.27. The minimum Gasteiger partial charge on any atom is -0.495 e. The average molecular weight is 499 g/mol. The number of fused-ring (bicyclic) bond motifs is 1. The normalized spacial score (nSPS) is 13.7. The molecule has 0 aromatic heterocycles. The first-order valence-electron chi connectivity index (χ1n) is 10.1. The Morgan fingerprint density at radius 3 is 2.53 bits per heavy atom. The number of anilines is 2. The third kappa shape index (κ3) is 4.28. The van der Waals surface area contributed by atoms with E-state index in [4.69, 9.17) is 14.2 Å². The highest BCUT2D eigenvalue weighted by molar-refractivity contribution is 9.10. The van der Waals surface area contributed by atoms with Gasteiger partial charge in [0, 0.05) is 13.1 Å². The van der Waals surface area contributed by atoms with Gasteiger partial charge in [0.15, 0.2) is 0 Å². The Morgan fingerprint density at radius 1 is 1.06 bits per heavy atom. The van der Waals surface area contributed by atoms with E-state index in [1.54, 1.807) is 18.2 Å². The number of methoxy groups -OCH3 is 2. The molecule has 8 heteroatoms. The number of amides is 1. The van der Waals surface area contributed by atoms with Gasteiger partial charge in [-0.3, -0.25) is 4.79 Å². The van der Waals surface area contributed by atoms with Crippen molar-refractivity contribution in [2.45, 2.75) is 0 Å². The first-order valence-corrected chi connectivity index (χ1v) is 10.9. The van der Waals surface area contributed by atoms with Gasteiger partial charge in [-0.25, -0.2) is 4.79 Å². The maximum absolute atomic E-state index is 13.4. The zero-order valence-electron chi connectivity index (χ0n) is 17.8. The molecule has 1 N–H and O–H groups in total. The predicted molar refractivity (Wildman–Crippen MR) is 127 cm³/mol. The summed E-state index contributed by atoms with van der Waals surface area (Å²) in [5, 5.41) is 4.83. The maximum atomic E-state index is 13.4. The minimum atomic E-state index is -0.472. The molecule has 0 saturated carbocycles. The van der Waals surface area contributed by atoms with Crippen molar-refractivity contribution in [3.05, 3.63) is 64.1 Å². The number of benzene rings is 3. The van der Waals surface area contributed by atoms with Crippen molar-refractivity contribution in [3.63, 3.8) is 0 Å². The molecule has 1 heterocycles. The van der Waals surface area contributed by atoms with Crippen LogP contribution >= 0.6 is 15.9 Å². The van der Waals surface area contributed by atoms with E-state index in [0.29, 0.717) is 53.3 Å². The van der Waals surface area contributed by atoms with Gasteiger partial charge < -0.3 is 24.4 Å². The van der Waals surface area contributed by atoms with E-state index < -0.39 is 5.97 Å². The SMILES string of the molecule is COC(=O)c1ccc(N2CCOCC2)c(NC(=O)c2cc3ccccc3c(Br)c2OC)c1. The monoisotopic (exact) mass is 498 g/mol. The molecule has 166 valence electrons. The van der Waals surface area contributed by atoms with Crippen molar-refractivity contribution >= 4 is 50.0 Å². The Morgan fingerprint density at radius 2 is 1.81 bits per heavy atom. The second kappa shape index (κ2) is 9.58. The predicted octanol–water partition coefficient (Wildman–Crippen LogP) is 4.49. The Bertz CT molecular complexity index is 1170. The Labute approximate surface area is 194 Å². The molecule has 0 atom stereocenters. The molecule has 1 fully saturated rings. The zero-order chi connectivity index (χ0) is 22.7. The summed E-state index contributed by atoms with van der Waals surface area (Å²) in [6.45, 7) is 2.56. The number of carbonyl (C=O) groups is 2. The lowest BCUT2D eigenvalue weighted by molar-refractivity contribution is 0.0600. The number of morpholine rings is 1. The summed E-state index contributed by atoms with van der Waals surface area (Å²) in [5.74, 6) is -0.372. The molecule has 1 aliphatic heterocycles. The number of esters is 1. The van der Waals surface area contributed by atoms with Crippen LogP contribution in [0.2, 0.25) is 0 Å². The van der Waals surface area contributed by atoms with Crippen molar-refractivity contribution in [2.24, 2.45) is 0 Å². The van der Waals surface area contributed by atoms with E-state index in [0.717, 1.165) is 16.5 Å². The first-order chi connectivity index (χ1) is 15.5. The van der Waals surface area contributed by atoms with E-state index in [9.17, 15) is 9.59 Å². The highest BCUT2D eigenvalue weighted by atomic mass is 79.9. The summed E-state index contributed by atoms with van der Waals surface area (Å²) >= 11 is 3.58. The summed E-state index contributed by atoms with van der Waals surface area (Å²) in [6, 6.07) is 14.7. The lowest BCUT2D eigenvalue weighted by Crippen LogP contribution is -2.36. The smallest absolute Gasteiger partial charge is 0.337 e. The molecule has 0 aliphatic carbocycles. The summed E-state index contributed by atoms with van der Waals surface area (Å²) in [6.07, 6.45) is 0. The number of halogens is 1. The standard InChI is InChI=1S/C24H23BrN2O5/c1-30-22-18(13-15-5-3-4-6-17(15)21(22)25)23(28)26-19-14-16(24(29)31-2)7-8-20(19)27-9-11-32-12-10-27/h3-8,13-14H,9-12H2,1-2H3,(H,26,28). The molecule has 0 spiro atoms. The number of ether oxygens (including phenoxy) is 3.